The minimum Gasteiger partial charge on any atom is -0.456 e. The van der Waals surface area contributed by atoms with Crippen LogP contribution in [0.2, 0.25) is 0 Å². The maximum atomic E-state index is 7.11. The first kappa shape index (κ1) is 42.5. The smallest absolute Gasteiger partial charge is 0.226 e. The van der Waals surface area contributed by atoms with Crippen LogP contribution < -0.4 is 20.7 Å². The van der Waals surface area contributed by atoms with E-state index in [0.717, 1.165) is 51.8 Å². The number of furan rings is 2. The van der Waals surface area contributed by atoms with Crippen molar-refractivity contribution in [2.45, 2.75) is 136 Å². The molecule has 1 fully saturated rings. The predicted octanol–water partition coefficient (Wildman–Crippen LogP) is 16.5. The molecule has 350 valence electrons. The number of hydrogen-bond acceptors (Lipinski definition) is 4. The minimum atomic E-state index is -0.148. The van der Waals surface area contributed by atoms with E-state index in [9.17, 15) is 0 Å². The van der Waals surface area contributed by atoms with E-state index in [0.29, 0.717) is 0 Å². The van der Waals surface area contributed by atoms with Gasteiger partial charge in [-0.15, -0.1) is 0 Å². The van der Waals surface area contributed by atoms with Gasteiger partial charge in [-0.1, -0.05) is 154 Å². The lowest BCUT2D eigenvalue weighted by atomic mass is 9.29. The molecule has 14 rings (SSSR count). The molecule has 0 N–H and O–H groups in total. The van der Waals surface area contributed by atoms with Gasteiger partial charge in [0, 0.05) is 55.9 Å². The largest absolute Gasteiger partial charge is 0.456 e. The summed E-state index contributed by atoms with van der Waals surface area (Å²) in [4.78, 5) is 5.45. The van der Waals surface area contributed by atoms with Crippen LogP contribution in [-0.4, -0.2) is 16.8 Å². The zero-order valence-corrected chi connectivity index (χ0v) is 42.9. The van der Waals surface area contributed by atoms with Crippen molar-refractivity contribution < 1.29 is 8.83 Å². The Labute approximate surface area is 413 Å². The first-order valence-electron chi connectivity index (χ1n) is 26.1. The van der Waals surface area contributed by atoms with Crippen molar-refractivity contribution in [1.29, 1.82) is 0 Å². The quantitative estimate of drug-likeness (QED) is 0.162. The van der Waals surface area contributed by atoms with E-state index in [1.807, 2.05) is 0 Å². The highest BCUT2D eigenvalue weighted by molar-refractivity contribution is 6.90. The first-order chi connectivity index (χ1) is 33.3. The number of fused-ring (bicyclic) bond motifs is 15. The van der Waals surface area contributed by atoms with Crippen LogP contribution in [0, 0.1) is 5.41 Å². The van der Waals surface area contributed by atoms with Crippen molar-refractivity contribution >= 4 is 96.2 Å². The third-order valence-corrected chi connectivity index (χ3v) is 18.3. The molecule has 6 heterocycles. The summed E-state index contributed by atoms with van der Waals surface area (Å²) in [6, 6.07) is 44.1. The molecule has 0 bridgehead atoms. The molecule has 0 spiro atoms. The van der Waals surface area contributed by atoms with Gasteiger partial charge in [-0.2, -0.15) is 0 Å². The highest BCUT2D eigenvalue weighted by Gasteiger charge is 2.58. The number of aromatic nitrogens is 1. The molecule has 9 aromatic rings. The van der Waals surface area contributed by atoms with Gasteiger partial charge in [-0.3, -0.25) is 4.57 Å². The highest BCUT2D eigenvalue weighted by atomic mass is 16.3. The highest BCUT2D eigenvalue weighted by Crippen LogP contribution is 2.62. The Morgan fingerprint density at radius 3 is 2.01 bits per heavy atom. The van der Waals surface area contributed by atoms with E-state index in [-0.39, 0.29) is 39.7 Å². The third kappa shape index (κ3) is 5.46. The predicted molar refractivity (Wildman–Crippen MR) is 295 cm³/mol. The van der Waals surface area contributed by atoms with Gasteiger partial charge >= 0.3 is 0 Å². The molecule has 3 unspecified atom stereocenters. The summed E-state index contributed by atoms with van der Waals surface area (Å²) in [5.74, 6) is 0.183. The number of hydrogen-bond donors (Lipinski definition) is 0. The molecular formula is C64H64BN3O2. The van der Waals surface area contributed by atoms with Gasteiger partial charge in [0.2, 0.25) is 12.4 Å². The van der Waals surface area contributed by atoms with Crippen molar-refractivity contribution in [1.82, 2.24) is 4.57 Å². The molecule has 3 aliphatic heterocycles. The third-order valence-electron chi connectivity index (χ3n) is 18.3. The van der Waals surface area contributed by atoms with Crippen molar-refractivity contribution in [2.24, 2.45) is 5.41 Å². The van der Waals surface area contributed by atoms with Crippen LogP contribution in [0.1, 0.15) is 142 Å². The van der Waals surface area contributed by atoms with E-state index < -0.39 is 0 Å². The molecule has 0 radical (unpaired) electrons. The van der Waals surface area contributed by atoms with Crippen LogP contribution in [0.25, 0.3) is 55.8 Å². The molecule has 0 saturated heterocycles. The maximum Gasteiger partial charge on any atom is 0.226 e. The van der Waals surface area contributed by atoms with Crippen molar-refractivity contribution in [3.63, 3.8) is 0 Å². The van der Waals surface area contributed by atoms with Crippen molar-refractivity contribution in [3.05, 3.63) is 149 Å². The average Bonchev–Trinajstić information content (AvgIpc) is 4.04. The van der Waals surface area contributed by atoms with Crippen LogP contribution in [0.5, 0.6) is 0 Å². The molecule has 2 aliphatic carbocycles. The number of nitrogens with zero attached hydrogens (tertiary/aromatic N) is 3. The molecule has 5 nitrogen and oxygen atoms in total. The summed E-state index contributed by atoms with van der Waals surface area (Å²) in [5, 5.41) is 4.70. The summed E-state index contributed by atoms with van der Waals surface area (Å²) in [6.07, 6.45) is 8.34. The molecule has 6 heteroatoms. The van der Waals surface area contributed by atoms with E-state index in [1.165, 1.54) is 103 Å². The van der Waals surface area contributed by atoms with E-state index in [4.69, 9.17) is 8.83 Å². The molecule has 5 aliphatic rings. The Kier molecular flexibility index (Phi) is 8.33. The van der Waals surface area contributed by atoms with Crippen LogP contribution in [-0.2, 0) is 16.2 Å². The van der Waals surface area contributed by atoms with Crippen LogP contribution >= 0.6 is 0 Å². The molecule has 0 amide bonds. The first-order valence-corrected chi connectivity index (χ1v) is 26.1. The van der Waals surface area contributed by atoms with Gasteiger partial charge in [-0.05, 0) is 130 Å². The van der Waals surface area contributed by atoms with Gasteiger partial charge in [-0.25, -0.2) is 0 Å². The number of para-hydroxylation sites is 2. The van der Waals surface area contributed by atoms with Crippen molar-refractivity contribution in [3.8, 4) is 5.69 Å². The lowest BCUT2D eigenvalue weighted by Crippen LogP contribution is -2.58. The molecule has 70 heavy (non-hydrogen) atoms. The Morgan fingerprint density at radius 1 is 0.586 bits per heavy atom. The van der Waals surface area contributed by atoms with E-state index in [2.05, 4.69) is 212 Å². The second-order valence-electron chi connectivity index (χ2n) is 25.3. The van der Waals surface area contributed by atoms with Gasteiger partial charge in [0.05, 0.1) is 22.0 Å². The standard InChI is InChI=1S/C64H64BN3O2/c1-60(2,3)37-25-28-47-44(32-37)63(10)29-16-17-30-64(63,11)68(47)40-26-27-45-49(36-40)66(48-21-18-24-54-56(48)42-20-13-14-22-52(42)69-54)50-34-39(62(7,8)9)35-51-57(50)65(45)46-33-38(61(4,5)6)31-43-55-41-19-12-15-23-53(41)70-59(55)67(51)58(43)46/h12-15,18-28,31-32,34-36,46H,16-17,29-30,33H2,1-11H3. The Bertz CT molecular complexity index is 3780. The topological polar surface area (TPSA) is 37.7 Å². The fourth-order valence-corrected chi connectivity index (χ4v) is 14.3. The lowest BCUT2D eigenvalue weighted by Gasteiger charge is -2.51. The zero-order chi connectivity index (χ0) is 48.2. The number of rotatable bonds is 2. The molecular weight excluding hydrogens is 854 g/mol. The molecule has 6 aromatic carbocycles. The Balaban J connectivity index is 1.11. The van der Waals surface area contributed by atoms with Crippen molar-refractivity contribution in [2.75, 3.05) is 9.80 Å². The van der Waals surface area contributed by atoms with Crippen LogP contribution in [0.4, 0.5) is 28.4 Å². The fourth-order valence-electron chi connectivity index (χ4n) is 14.3. The second-order valence-corrected chi connectivity index (χ2v) is 25.3. The summed E-state index contributed by atoms with van der Waals surface area (Å²) in [5.41, 5.74) is 22.2. The van der Waals surface area contributed by atoms with E-state index >= 15 is 0 Å². The number of benzene rings is 6. The molecule has 1 saturated carbocycles. The zero-order valence-electron chi connectivity index (χ0n) is 42.9. The van der Waals surface area contributed by atoms with Gasteiger partial charge in [0.25, 0.3) is 0 Å². The minimum absolute atomic E-state index is 0.00585. The van der Waals surface area contributed by atoms with Gasteiger partial charge in [0.15, 0.2) is 0 Å². The van der Waals surface area contributed by atoms with Gasteiger partial charge in [0.1, 0.15) is 16.7 Å². The number of anilines is 5. The lowest BCUT2D eigenvalue weighted by molar-refractivity contribution is 0.195. The summed E-state index contributed by atoms with van der Waals surface area (Å²) >= 11 is 0. The fraction of sp³-hybridized carbons (Fsp3) is 0.344. The van der Waals surface area contributed by atoms with Crippen LogP contribution in [0.3, 0.4) is 0 Å². The summed E-state index contributed by atoms with van der Waals surface area (Å²) in [6.45, 7) is 26.6. The molecule has 3 aromatic heterocycles. The summed E-state index contributed by atoms with van der Waals surface area (Å²) in [7, 11) is 0. The van der Waals surface area contributed by atoms with Crippen LogP contribution in [0.15, 0.2) is 130 Å². The SMILES string of the molecule is CC(C)(C)C1=Cc2c3n(c4oc5ccccc5c24)-c2cc(C(C)(C)C)cc4c2B(c2ccc(N5c6ccc(C(C)(C)C)cc6C6(C)CCCCC56C)cc2N4c2cccc4oc5ccccc5c24)C3C1. The monoisotopic (exact) mass is 918 g/mol. The Morgan fingerprint density at radius 2 is 1.27 bits per heavy atom. The maximum absolute atomic E-state index is 7.11. The second kappa shape index (κ2) is 13.7. The summed E-state index contributed by atoms with van der Waals surface area (Å²) < 4.78 is 16.4. The van der Waals surface area contributed by atoms with Gasteiger partial charge < -0.3 is 18.6 Å². The molecule has 3 atom stereocenters. The number of allylic oxidation sites excluding steroid dienone is 1. The van der Waals surface area contributed by atoms with E-state index in [1.54, 1.807) is 0 Å². The average molecular weight is 918 g/mol. The normalized spacial score (nSPS) is 21.6. The Hall–Kier alpha value is -6.40.